The van der Waals surface area contributed by atoms with Gasteiger partial charge in [-0.1, -0.05) is 24.3 Å². The molecule has 2 aromatic carbocycles. The summed E-state index contributed by atoms with van der Waals surface area (Å²) in [5, 5.41) is 10.5. The molecule has 0 saturated heterocycles. The van der Waals surface area contributed by atoms with Gasteiger partial charge in [-0.2, -0.15) is 0 Å². The topological polar surface area (TPSA) is 78.4 Å². The second-order valence-electron chi connectivity index (χ2n) is 4.37. The number of nitrogens with two attached hydrogens (primary N) is 1. The molecule has 0 fully saturated rings. The van der Waals surface area contributed by atoms with E-state index in [2.05, 4.69) is 0 Å². The molecule has 0 spiro atoms. The third-order valence-electron chi connectivity index (χ3n) is 2.94. The number of benzene rings is 2. The largest absolute Gasteiger partial charge is 0.493 e. The van der Waals surface area contributed by atoms with Gasteiger partial charge in [0.1, 0.15) is 5.75 Å². The molecule has 0 unspecified atom stereocenters. The van der Waals surface area contributed by atoms with E-state index in [0.29, 0.717) is 19.6 Å². The molecule has 0 atom stereocenters. The van der Waals surface area contributed by atoms with Crippen LogP contribution in [0.5, 0.6) is 5.75 Å². The van der Waals surface area contributed by atoms with Gasteiger partial charge in [-0.15, -0.1) is 0 Å². The van der Waals surface area contributed by atoms with Crippen LogP contribution in [-0.2, 0) is 13.0 Å². The van der Waals surface area contributed by atoms with E-state index >= 15 is 0 Å². The molecule has 2 N–H and O–H groups in total. The van der Waals surface area contributed by atoms with Gasteiger partial charge in [0.15, 0.2) is 0 Å². The van der Waals surface area contributed by atoms with Crippen LogP contribution in [-0.4, -0.2) is 11.5 Å². The lowest BCUT2D eigenvalue weighted by molar-refractivity contribution is -0.384. The highest BCUT2D eigenvalue weighted by Gasteiger charge is 2.04. The first-order valence-corrected chi connectivity index (χ1v) is 6.34. The first-order valence-electron chi connectivity index (χ1n) is 6.34. The number of rotatable bonds is 6. The molecule has 104 valence electrons. The van der Waals surface area contributed by atoms with Crippen LogP contribution in [0.3, 0.4) is 0 Å². The molecule has 0 aliphatic rings. The molecular formula is C15H16N2O3. The summed E-state index contributed by atoms with van der Waals surface area (Å²) in [4.78, 5) is 10.1. The lowest BCUT2D eigenvalue weighted by Gasteiger charge is -2.07. The Hall–Kier alpha value is -2.40. The van der Waals surface area contributed by atoms with Crippen molar-refractivity contribution in [1.29, 1.82) is 0 Å². The molecular weight excluding hydrogens is 256 g/mol. The van der Waals surface area contributed by atoms with Gasteiger partial charge in [-0.25, -0.2) is 0 Å². The van der Waals surface area contributed by atoms with Crippen molar-refractivity contribution in [2.45, 2.75) is 13.0 Å². The maximum Gasteiger partial charge on any atom is 0.269 e. The number of hydrogen-bond donors (Lipinski definition) is 1. The van der Waals surface area contributed by atoms with Crippen LogP contribution in [0.15, 0.2) is 48.5 Å². The summed E-state index contributed by atoms with van der Waals surface area (Å²) >= 11 is 0. The Morgan fingerprint density at radius 1 is 1.10 bits per heavy atom. The van der Waals surface area contributed by atoms with Gasteiger partial charge < -0.3 is 10.5 Å². The van der Waals surface area contributed by atoms with Crippen LogP contribution in [0.4, 0.5) is 5.69 Å². The van der Waals surface area contributed by atoms with Gasteiger partial charge in [0, 0.05) is 25.1 Å². The van der Waals surface area contributed by atoms with Crippen molar-refractivity contribution in [3.63, 3.8) is 0 Å². The molecule has 0 bridgehead atoms. The Labute approximate surface area is 117 Å². The number of nitro groups is 1. The highest BCUT2D eigenvalue weighted by Crippen LogP contribution is 2.15. The van der Waals surface area contributed by atoms with Crippen molar-refractivity contribution in [2.24, 2.45) is 5.73 Å². The van der Waals surface area contributed by atoms with E-state index in [1.54, 1.807) is 12.1 Å². The molecule has 2 rings (SSSR count). The van der Waals surface area contributed by atoms with Crippen LogP contribution in [0.2, 0.25) is 0 Å². The molecule has 0 aliphatic heterocycles. The zero-order chi connectivity index (χ0) is 14.4. The second kappa shape index (κ2) is 6.68. The first-order chi connectivity index (χ1) is 9.69. The fraction of sp³-hybridized carbons (Fsp3) is 0.200. The predicted molar refractivity (Wildman–Crippen MR) is 76.6 cm³/mol. The molecule has 0 radical (unpaired) electrons. The van der Waals surface area contributed by atoms with Gasteiger partial charge in [0.2, 0.25) is 0 Å². The molecule has 0 heterocycles. The highest BCUT2D eigenvalue weighted by molar-refractivity contribution is 5.33. The summed E-state index contributed by atoms with van der Waals surface area (Å²) in [5.41, 5.74) is 7.70. The van der Waals surface area contributed by atoms with Crippen LogP contribution >= 0.6 is 0 Å². The average molecular weight is 272 g/mol. The Morgan fingerprint density at radius 3 is 2.50 bits per heavy atom. The van der Waals surface area contributed by atoms with Gasteiger partial charge in [-0.3, -0.25) is 10.1 Å². The number of nitro benzene ring substituents is 1. The van der Waals surface area contributed by atoms with Crippen molar-refractivity contribution >= 4 is 5.69 Å². The zero-order valence-corrected chi connectivity index (χ0v) is 11.0. The standard InChI is InChI=1S/C15H16N2O3/c16-11-13-2-1-3-15(10-13)20-9-8-12-4-6-14(7-5-12)17(18)19/h1-7,10H,8-9,11,16H2. The van der Waals surface area contributed by atoms with Gasteiger partial charge >= 0.3 is 0 Å². The molecule has 0 aromatic heterocycles. The maximum absolute atomic E-state index is 10.5. The number of non-ortho nitro benzene ring substituents is 1. The first kappa shape index (κ1) is 14.0. The van der Waals surface area contributed by atoms with Gasteiger partial charge in [0.25, 0.3) is 5.69 Å². The maximum atomic E-state index is 10.5. The normalized spacial score (nSPS) is 10.2. The molecule has 5 nitrogen and oxygen atoms in total. The SMILES string of the molecule is NCc1cccc(OCCc2ccc([N+](=O)[O-])cc2)c1. The zero-order valence-electron chi connectivity index (χ0n) is 11.0. The van der Waals surface area contributed by atoms with Crippen LogP contribution in [0.1, 0.15) is 11.1 Å². The lowest BCUT2D eigenvalue weighted by Crippen LogP contribution is -2.02. The van der Waals surface area contributed by atoms with Gasteiger partial charge in [0.05, 0.1) is 11.5 Å². The highest BCUT2D eigenvalue weighted by atomic mass is 16.6. The van der Waals surface area contributed by atoms with E-state index in [1.165, 1.54) is 12.1 Å². The quantitative estimate of drug-likeness (QED) is 0.647. The van der Waals surface area contributed by atoms with Crippen molar-refractivity contribution in [1.82, 2.24) is 0 Å². The Kier molecular flexibility index (Phi) is 4.68. The van der Waals surface area contributed by atoms with E-state index in [1.807, 2.05) is 24.3 Å². The van der Waals surface area contributed by atoms with Crippen LogP contribution in [0.25, 0.3) is 0 Å². The monoisotopic (exact) mass is 272 g/mol. The number of nitrogens with zero attached hydrogens (tertiary/aromatic N) is 1. The van der Waals surface area contributed by atoms with Crippen molar-refractivity contribution in [3.8, 4) is 5.75 Å². The molecule has 2 aromatic rings. The van der Waals surface area contributed by atoms with E-state index < -0.39 is 4.92 Å². The Morgan fingerprint density at radius 2 is 1.85 bits per heavy atom. The summed E-state index contributed by atoms with van der Waals surface area (Å²) in [6, 6.07) is 14.2. The Balaban J connectivity index is 1.87. The van der Waals surface area contributed by atoms with Gasteiger partial charge in [-0.05, 0) is 23.3 Å². The molecule has 0 aliphatic carbocycles. The minimum atomic E-state index is -0.404. The minimum Gasteiger partial charge on any atom is -0.493 e. The van der Waals surface area contributed by atoms with Crippen LogP contribution < -0.4 is 10.5 Å². The van der Waals surface area contributed by atoms with E-state index in [4.69, 9.17) is 10.5 Å². The Bertz CT molecular complexity index is 582. The summed E-state index contributed by atoms with van der Waals surface area (Å²) in [7, 11) is 0. The minimum absolute atomic E-state index is 0.102. The molecule has 0 saturated carbocycles. The fourth-order valence-corrected chi connectivity index (χ4v) is 1.83. The third-order valence-corrected chi connectivity index (χ3v) is 2.94. The van der Waals surface area contributed by atoms with E-state index in [0.717, 1.165) is 16.9 Å². The summed E-state index contributed by atoms with van der Waals surface area (Å²) in [6.07, 6.45) is 0.699. The number of ether oxygens (including phenoxy) is 1. The van der Waals surface area contributed by atoms with Crippen molar-refractivity contribution in [3.05, 3.63) is 69.8 Å². The van der Waals surface area contributed by atoms with Crippen molar-refractivity contribution in [2.75, 3.05) is 6.61 Å². The van der Waals surface area contributed by atoms with Crippen LogP contribution in [0, 0.1) is 10.1 Å². The summed E-state index contributed by atoms with van der Waals surface area (Å²) in [5.74, 6) is 0.787. The molecule has 5 heteroatoms. The molecule has 20 heavy (non-hydrogen) atoms. The second-order valence-corrected chi connectivity index (χ2v) is 4.37. The van der Waals surface area contributed by atoms with Crippen molar-refractivity contribution < 1.29 is 9.66 Å². The van der Waals surface area contributed by atoms with E-state index in [-0.39, 0.29) is 5.69 Å². The predicted octanol–water partition coefficient (Wildman–Crippen LogP) is 2.68. The molecule has 0 amide bonds. The lowest BCUT2D eigenvalue weighted by atomic mass is 10.1. The number of hydrogen-bond acceptors (Lipinski definition) is 4. The summed E-state index contributed by atoms with van der Waals surface area (Å²) in [6.45, 7) is 1.01. The average Bonchev–Trinajstić information content (AvgIpc) is 2.48. The summed E-state index contributed by atoms with van der Waals surface area (Å²) < 4.78 is 5.64. The van der Waals surface area contributed by atoms with E-state index in [9.17, 15) is 10.1 Å². The smallest absolute Gasteiger partial charge is 0.269 e. The fourth-order valence-electron chi connectivity index (χ4n) is 1.83. The third kappa shape index (κ3) is 3.80.